The first kappa shape index (κ1) is 16.1. The van der Waals surface area contributed by atoms with E-state index in [9.17, 15) is 0 Å². The van der Waals surface area contributed by atoms with Gasteiger partial charge in [-0.3, -0.25) is 4.90 Å². The van der Waals surface area contributed by atoms with Gasteiger partial charge in [0.2, 0.25) is 0 Å². The average Bonchev–Trinajstić information content (AvgIpc) is 2.70. The SMILES string of the molecule is c1ccc(CN2C[C@@H](c3ccccc3)N[C@H](c3ccccc3)C2)cc1. The number of nitrogens with one attached hydrogen (secondary N) is 1. The number of nitrogens with zero attached hydrogens (tertiary/aromatic N) is 1. The zero-order valence-corrected chi connectivity index (χ0v) is 14.4. The Hall–Kier alpha value is -2.42. The molecule has 2 atom stereocenters. The Bertz CT molecular complexity index is 723. The maximum atomic E-state index is 3.86. The molecule has 1 saturated heterocycles. The van der Waals surface area contributed by atoms with Crippen LogP contribution in [0.15, 0.2) is 91.0 Å². The van der Waals surface area contributed by atoms with E-state index in [1.54, 1.807) is 0 Å². The molecule has 0 amide bonds. The molecular weight excluding hydrogens is 304 g/mol. The van der Waals surface area contributed by atoms with E-state index in [1.807, 2.05) is 0 Å². The summed E-state index contributed by atoms with van der Waals surface area (Å²) in [7, 11) is 0. The van der Waals surface area contributed by atoms with Crippen LogP contribution in [0, 0.1) is 0 Å². The van der Waals surface area contributed by atoms with Crippen molar-refractivity contribution >= 4 is 0 Å². The van der Waals surface area contributed by atoms with Crippen LogP contribution in [0.5, 0.6) is 0 Å². The Balaban J connectivity index is 1.58. The number of rotatable bonds is 4. The second-order valence-electron chi connectivity index (χ2n) is 6.77. The molecule has 2 nitrogen and oxygen atoms in total. The molecule has 4 rings (SSSR count). The summed E-state index contributed by atoms with van der Waals surface area (Å²) in [6, 6.07) is 33.1. The van der Waals surface area contributed by atoms with E-state index in [-0.39, 0.29) is 0 Å². The summed E-state index contributed by atoms with van der Waals surface area (Å²) in [5.74, 6) is 0. The van der Waals surface area contributed by atoms with Gasteiger partial charge < -0.3 is 5.32 Å². The first-order valence-electron chi connectivity index (χ1n) is 9.01. The van der Waals surface area contributed by atoms with E-state index < -0.39 is 0 Å². The van der Waals surface area contributed by atoms with Gasteiger partial charge in [-0.25, -0.2) is 0 Å². The van der Waals surface area contributed by atoms with E-state index in [2.05, 4.69) is 101 Å². The first-order valence-corrected chi connectivity index (χ1v) is 9.01. The molecule has 3 aromatic rings. The normalized spacial score (nSPS) is 21.1. The molecule has 0 unspecified atom stereocenters. The zero-order valence-electron chi connectivity index (χ0n) is 14.4. The van der Waals surface area contributed by atoms with E-state index in [4.69, 9.17) is 0 Å². The van der Waals surface area contributed by atoms with Crippen LogP contribution in [-0.2, 0) is 6.54 Å². The minimum atomic E-state index is 0.351. The van der Waals surface area contributed by atoms with Crippen LogP contribution in [0.1, 0.15) is 28.8 Å². The van der Waals surface area contributed by atoms with Crippen LogP contribution in [0.25, 0.3) is 0 Å². The van der Waals surface area contributed by atoms with Gasteiger partial charge in [-0.2, -0.15) is 0 Å². The van der Waals surface area contributed by atoms with E-state index in [1.165, 1.54) is 16.7 Å². The summed E-state index contributed by atoms with van der Waals surface area (Å²) >= 11 is 0. The molecule has 3 aromatic carbocycles. The Morgan fingerprint density at radius 1 is 0.640 bits per heavy atom. The smallest absolute Gasteiger partial charge is 0.0454 e. The molecule has 1 fully saturated rings. The summed E-state index contributed by atoms with van der Waals surface area (Å²) in [5.41, 5.74) is 4.10. The van der Waals surface area contributed by atoms with E-state index >= 15 is 0 Å². The van der Waals surface area contributed by atoms with Gasteiger partial charge >= 0.3 is 0 Å². The predicted octanol–water partition coefficient (Wildman–Crippen LogP) is 4.57. The monoisotopic (exact) mass is 328 g/mol. The Morgan fingerprint density at radius 3 is 1.56 bits per heavy atom. The highest BCUT2D eigenvalue weighted by Gasteiger charge is 2.28. The second-order valence-corrected chi connectivity index (χ2v) is 6.77. The molecule has 0 bridgehead atoms. The van der Waals surface area contributed by atoms with Gasteiger partial charge in [-0.05, 0) is 16.7 Å². The van der Waals surface area contributed by atoms with Gasteiger partial charge in [0.15, 0.2) is 0 Å². The molecule has 1 heterocycles. The fraction of sp³-hybridized carbons (Fsp3) is 0.217. The highest BCUT2D eigenvalue weighted by Crippen LogP contribution is 2.27. The van der Waals surface area contributed by atoms with Crippen molar-refractivity contribution in [1.29, 1.82) is 0 Å². The summed E-state index contributed by atoms with van der Waals surface area (Å²) in [6.07, 6.45) is 0. The van der Waals surface area contributed by atoms with Crippen LogP contribution >= 0.6 is 0 Å². The van der Waals surface area contributed by atoms with E-state index in [0.29, 0.717) is 12.1 Å². The summed E-state index contributed by atoms with van der Waals surface area (Å²) in [5, 5.41) is 3.86. The van der Waals surface area contributed by atoms with Crippen molar-refractivity contribution in [3.8, 4) is 0 Å². The Morgan fingerprint density at radius 2 is 1.08 bits per heavy atom. The molecular formula is C23H24N2. The molecule has 0 radical (unpaired) electrons. The van der Waals surface area contributed by atoms with Crippen molar-refractivity contribution in [2.75, 3.05) is 13.1 Å². The lowest BCUT2D eigenvalue weighted by Gasteiger charge is -2.39. The molecule has 0 aromatic heterocycles. The summed E-state index contributed by atoms with van der Waals surface area (Å²) in [4.78, 5) is 2.57. The molecule has 2 heteroatoms. The molecule has 1 aliphatic heterocycles. The lowest BCUT2D eigenvalue weighted by Crippen LogP contribution is -2.47. The van der Waals surface area contributed by atoms with Gasteiger partial charge in [0.1, 0.15) is 0 Å². The second kappa shape index (κ2) is 7.64. The van der Waals surface area contributed by atoms with Crippen LogP contribution < -0.4 is 5.32 Å². The molecule has 1 N–H and O–H groups in total. The van der Waals surface area contributed by atoms with Crippen molar-refractivity contribution < 1.29 is 0 Å². The molecule has 25 heavy (non-hydrogen) atoms. The van der Waals surface area contributed by atoms with Crippen molar-refractivity contribution in [2.24, 2.45) is 0 Å². The van der Waals surface area contributed by atoms with Crippen LogP contribution in [0.2, 0.25) is 0 Å². The number of hydrogen-bond donors (Lipinski definition) is 1. The van der Waals surface area contributed by atoms with Gasteiger partial charge in [0, 0.05) is 31.7 Å². The number of benzene rings is 3. The van der Waals surface area contributed by atoms with E-state index in [0.717, 1.165) is 19.6 Å². The summed E-state index contributed by atoms with van der Waals surface area (Å²) in [6.45, 7) is 3.06. The molecule has 126 valence electrons. The fourth-order valence-corrected chi connectivity index (χ4v) is 3.68. The first-order chi connectivity index (χ1) is 12.4. The fourth-order valence-electron chi connectivity index (χ4n) is 3.68. The third-order valence-corrected chi connectivity index (χ3v) is 4.94. The largest absolute Gasteiger partial charge is 0.301 e. The van der Waals surface area contributed by atoms with Crippen molar-refractivity contribution in [3.63, 3.8) is 0 Å². The Labute approximate surface area is 150 Å². The predicted molar refractivity (Wildman–Crippen MR) is 103 cm³/mol. The van der Waals surface area contributed by atoms with Gasteiger partial charge in [0.25, 0.3) is 0 Å². The minimum absolute atomic E-state index is 0.351. The molecule has 0 saturated carbocycles. The van der Waals surface area contributed by atoms with Crippen LogP contribution in [0.4, 0.5) is 0 Å². The molecule has 1 aliphatic rings. The third kappa shape index (κ3) is 3.98. The topological polar surface area (TPSA) is 15.3 Å². The van der Waals surface area contributed by atoms with Gasteiger partial charge in [-0.1, -0.05) is 91.0 Å². The van der Waals surface area contributed by atoms with Crippen LogP contribution in [0.3, 0.4) is 0 Å². The lowest BCUT2D eigenvalue weighted by molar-refractivity contribution is 0.153. The highest BCUT2D eigenvalue weighted by atomic mass is 15.2. The maximum Gasteiger partial charge on any atom is 0.0454 e. The van der Waals surface area contributed by atoms with Crippen LogP contribution in [-0.4, -0.2) is 18.0 Å². The standard InChI is InChI=1S/C23H24N2/c1-4-10-19(11-5-1)16-25-17-22(20-12-6-2-7-13-20)24-23(18-25)21-14-8-3-9-15-21/h1-15,22-24H,16-18H2/t22-,23-/m0/s1. The van der Waals surface area contributed by atoms with Gasteiger partial charge in [0.05, 0.1) is 0 Å². The van der Waals surface area contributed by atoms with Crippen molar-refractivity contribution in [3.05, 3.63) is 108 Å². The number of piperazine rings is 1. The molecule has 0 spiro atoms. The average molecular weight is 328 g/mol. The Kier molecular flexibility index (Phi) is 4.91. The maximum absolute atomic E-state index is 3.86. The number of hydrogen-bond acceptors (Lipinski definition) is 2. The van der Waals surface area contributed by atoms with Crippen molar-refractivity contribution in [1.82, 2.24) is 10.2 Å². The third-order valence-electron chi connectivity index (χ3n) is 4.94. The summed E-state index contributed by atoms with van der Waals surface area (Å²) < 4.78 is 0. The van der Waals surface area contributed by atoms with Crippen molar-refractivity contribution in [2.45, 2.75) is 18.6 Å². The minimum Gasteiger partial charge on any atom is -0.301 e. The quantitative estimate of drug-likeness (QED) is 0.754. The lowest BCUT2D eigenvalue weighted by atomic mass is 9.97. The highest BCUT2D eigenvalue weighted by molar-refractivity contribution is 5.25. The van der Waals surface area contributed by atoms with Gasteiger partial charge in [-0.15, -0.1) is 0 Å². The molecule has 0 aliphatic carbocycles. The zero-order chi connectivity index (χ0) is 16.9.